The lowest BCUT2D eigenvalue weighted by atomic mass is 10.1. The Bertz CT molecular complexity index is 408. The lowest BCUT2D eigenvalue weighted by molar-refractivity contribution is 0.0735. The zero-order valence-corrected chi connectivity index (χ0v) is 9.90. The Balaban J connectivity index is 0.00000144. The zero-order valence-electron chi connectivity index (χ0n) is 9.08. The highest BCUT2D eigenvalue weighted by molar-refractivity contribution is 5.94. The van der Waals surface area contributed by atoms with Crippen LogP contribution in [0.1, 0.15) is 10.4 Å². The fraction of sp³-hybridized carbons (Fsp3) is 0.364. The standard InChI is InChI=1S/C11H12F2N2O.ClH/c12-9-2-1-8(7-10(9)13)11(16)15-5-3-14-4-6-15;/h1-2,7,14H,3-6H2;1H. The number of carbonyl (C=O) groups is 1. The van der Waals surface area contributed by atoms with Crippen molar-refractivity contribution in [1.82, 2.24) is 10.2 Å². The molecule has 1 saturated heterocycles. The molecule has 3 nitrogen and oxygen atoms in total. The van der Waals surface area contributed by atoms with Gasteiger partial charge in [0.1, 0.15) is 0 Å². The topological polar surface area (TPSA) is 32.3 Å². The minimum absolute atomic E-state index is 0. The highest BCUT2D eigenvalue weighted by Crippen LogP contribution is 2.11. The number of nitrogens with zero attached hydrogens (tertiary/aromatic N) is 1. The average Bonchev–Trinajstić information content (AvgIpc) is 2.33. The van der Waals surface area contributed by atoms with Crippen LogP contribution >= 0.6 is 12.4 Å². The van der Waals surface area contributed by atoms with E-state index >= 15 is 0 Å². The van der Waals surface area contributed by atoms with Gasteiger partial charge in [-0.1, -0.05) is 0 Å². The Morgan fingerprint density at radius 1 is 1.18 bits per heavy atom. The Morgan fingerprint density at radius 2 is 1.82 bits per heavy atom. The summed E-state index contributed by atoms with van der Waals surface area (Å²) in [5.41, 5.74) is 0.195. The molecular weight excluding hydrogens is 250 g/mol. The fourth-order valence-corrected chi connectivity index (χ4v) is 1.68. The molecule has 17 heavy (non-hydrogen) atoms. The highest BCUT2D eigenvalue weighted by Gasteiger charge is 2.18. The summed E-state index contributed by atoms with van der Waals surface area (Å²) in [4.78, 5) is 13.5. The maximum Gasteiger partial charge on any atom is 0.254 e. The molecule has 1 amide bonds. The van der Waals surface area contributed by atoms with Gasteiger partial charge >= 0.3 is 0 Å². The van der Waals surface area contributed by atoms with Gasteiger partial charge in [-0.15, -0.1) is 12.4 Å². The van der Waals surface area contributed by atoms with Gasteiger partial charge < -0.3 is 10.2 Å². The van der Waals surface area contributed by atoms with E-state index in [4.69, 9.17) is 0 Å². The van der Waals surface area contributed by atoms with Crippen molar-refractivity contribution in [3.8, 4) is 0 Å². The van der Waals surface area contributed by atoms with Crippen LogP contribution in [0.15, 0.2) is 18.2 Å². The molecule has 0 aromatic heterocycles. The molecule has 1 aromatic rings. The van der Waals surface area contributed by atoms with Gasteiger partial charge in [-0.05, 0) is 18.2 Å². The van der Waals surface area contributed by atoms with E-state index < -0.39 is 11.6 Å². The van der Waals surface area contributed by atoms with Crippen molar-refractivity contribution in [3.63, 3.8) is 0 Å². The van der Waals surface area contributed by atoms with Crippen LogP contribution in [0.3, 0.4) is 0 Å². The fourth-order valence-electron chi connectivity index (χ4n) is 1.68. The highest BCUT2D eigenvalue weighted by atomic mass is 35.5. The van der Waals surface area contributed by atoms with Gasteiger partial charge in [-0.25, -0.2) is 8.78 Å². The molecule has 94 valence electrons. The number of rotatable bonds is 1. The molecule has 2 rings (SSSR count). The quantitative estimate of drug-likeness (QED) is 0.831. The number of benzene rings is 1. The Kier molecular flexibility index (Phi) is 4.84. The van der Waals surface area contributed by atoms with Crippen LogP contribution in [0.25, 0.3) is 0 Å². The molecule has 1 heterocycles. The van der Waals surface area contributed by atoms with Crippen LogP contribution in [0.5, 0.6) is 0 Å². The summed E-state index contributed by atoms with van der Waals surface area (Å²) in [7, 11) is 0. The zero-order chi connectivity index (χ0) is 11.5. The number of amides is 1. The monoisotopic (exact) mass is 262 g/mol. The van der Waals surface area contributed by atoms with Crippen molar-refractivity contribution in [3.05, 3.63) is 35.4 Å². The largest absolute Gasteiger partial charge is 0.336 e. The van der Waals surface area contributed by atoms with Gasteiger partial charge in [0, 0.05) is 31.7 Å². The molecule has 0 unspecified atom stereocenters. The molecule has 0 bridgehead atoms. The van der Waals surface area contributed by atoms with Crippen molar-refractivity contribution in [2.45, 2.75) is 0 Å². The lowest BCUT2D eigenvalue weighted by Gasteiger charge is -2.27. The second-order valence-electron chi connectivity index (χ2n) is 3.67. The van der Waals surface area contributed by atoms with Crippen LogP contribution < -0.4 is 5.32 Å². The molecule has 1 aromatic carbocycles. The second-order valence-corrected chi connectivity index (χ2v) is 3.67. The molecule has 1 N–H and O–H groups in total. The van der Waals surface area contributed by atoms with Crippen LogP contribution in [0.2, 0.25) is 0 Å². The van der Waals surface area contributed by atoms with Crippen LogP contribution in [-0.4, -0.2) is 37.0 Å². The Morgan fingerprint density at radius 3 is 2.41 bits per heavy atom. The first-order chi connectivity index (χ1) is 7.68. The number of hydrogen-bond donors (Lipinski definition) is 1. The van der Waals surface area contributed by atoms with E-state index in [9.17, 15) is 13.6 Å². The number of nitrogens with one attached hydrogen (secondary N) is 1. The number of halogens is 3. The summed E-state index contributed by atoms with van der Waals surface area (Å²) in [5.74, 6) is -2.17. The summed E-state index contributed by atoms with van der Waals surface area (Å²) in [6.07, 6.45) is 0. The van der Waals surface area contributed by atoms with Crippen molar-refractivity contribution in [2.24, 2.45) is 0 Å². The maximum atomic E-state index is 12.9. The molecule has 0 atom stereocenters. The Labute approximate surface area is 104 Å². The van der Waals surface area contributed by atoms with Crippen LogP contribution in [0.4, 0.5) is 8.78 Å². The Hall–Kier alpha value is -1.20. The summed E-state index contributed by atoms with van der Waals surface area (Å²) < 4.78 is 25.6. The first kappa shape index (κ1) is 13.9. The number of hydrogen-bond acceptors (Lipinski definition) is 2. The van der Waals surface area contributed by atoms with E-state index in [1.807, 2.05) is 0 Å². The van der Waals surface area contributed by atoms with E-state index in [1.54, 1.807) is 4.90 Å². The molecule has 0 radical (unpaired) electrons. The van der Waals surface area contributed by atoms with Gasteiger partial charge in [-0.3, -0.25) is 4.79 Å². The minimum Gasteiger partial charge on any atom is -0.336 e. The third-order valence-corrected chi connectivity index (χ3v) is 2.57. The summed E-state index contributed by atoms with van der Waals surface area (Å²) in [6.45, 7) is 2.65. The first-order valence-electron chi connectivity index (χ1n) is 5.13. The average molecular weight is 263 g/mol. The molecule has 0 saturated carbocycles. The number of piperazine rings is 1. The third kappa shape index (κ3) is 3.14. The van der Waals surface area contributed by atoms with Gasteiger partial charge in [0.05, 0.1) is 0 Å². The van der Waals surface area contributed by atoms with Crippen molar-refractivity contribution >= 4 is 18.3 Å². The van der Waals surface area contributed by atoms with Crippen LogP contribution in [-0.2, 0) is 0 Å². The predicted molar refractivity (Wildman–Crippen MR) is 62.4 cm³/mol. The van der Waals surface area contributed by atoms with Gasteiger partial charge in [0.15, 0.2) is 11.6 Å². The van der Waals surface area contributed by atoms with E-state index in [0.29, 0.717) is 13.1 Å². The summed E-state index contributed by atoms with van der Waals surface area (Å²) in [6, 6.07) is 3.23. The van der Waals surface area contributed by atoms with Gasteiger partial charge in [0.25, 0.3) is 5.91 Å². The molecule has 1 fully saturated rings. The number of carbonyl (C=O) groups excluding carboxylic acids is 1. The van der Waals surface area contributed by atoms with Gasteiger partial charge in [0.2, 0.25) is 0 Å². The molecule has 1 aliphatic heterocycles. The SMILES string of the molecule is Cl.O=C(c1ccc(F)c(F)c1)N1CCNCC1. The van der Waals surface area contributed by atoms with Crippen molar-refractivity contribution < 1.29 is 13.6 Å². The normalized spacial score (nSPS) is 15.3. The van der Waals surface area contributed by atoms with E-state index in [-0.39, 0.29) is 23.9 Å². The summed E-state index contributed by atoms with van der Waals surface area (Å²) in [5, 5.41) is 3.11. The van der Waals surface area contributed by atoms with E-state index in [0.717, 1.165) is 25.2 Å². The molecule has 0 spiro atoms. The minimum atomic E-state index is -0.985. The molecular formula is C11H13ClF2N2O. The molecule has 0 aliphatic carbocycles. The second kappa shape index (κ2) is 5.93. The predicted octanol–water partition coefficient (Wildman–Crippen LogP) is 1.43. The van der Waals surface area contributed by atoms with Gasteiger partial charge in [-0.2, -0.15) is 0 Å². The third-order valence-electron chi connectivity index (χ3n) is 2.57. The van der Waals surface area contributed by atoms with Crippen molar-refractivity contribution in [1.29, 1.82) is 0 Å². The van der Waals surface area contributed by atoms with Crippen molar-refractivity contribution in [2.75, 3.05) is 26.2 Å². The summed E-state index contributed by atoms with van der Waals surface area (Å²) >= 11 is 0. The first-order valence-corrected chi connectivity index (χ1v) is 5.13. The van der Waals surface area contributed by atoms with Crippen LogP contribution in [0, 0.1) is 11.6 Å². The lowest BCUT2D eigenvalue weighted by Crippen LogP contribution is -2.46. The van der Waals surface area contributed by atoms with E-state index in [2.05, 4.69) is 5.32 Å². The maximum absolute atomic E-state index is 12.9. The smallest absolute Gasteiger partial charge is 0.254 e. The molecule has 1 aliphatic rings. The molecule has 6 heteroatoms. The van der Waals surface area contributed by atoms with E-state index in [1.165, 1.54) is 6.07 Å².